The Morgan fingerprint density at radius 2 is 1.46 bits per heavy atom. The molecule has 0 radical (unpaired) electrons. The molecule has 1 aliphatic heterocycles. The molecule has 0 saturated heterocycles. The van der Waals surface area contributed by atoms with E-state index in [1.165, 1.54) is 19.1 Å². The lowest BCUT2D eigenvalue weighted by atomic mass is 10.3. The number of carbonyl (C=O) groups excluding carboxylic acids is 3. The summed E-state index contributed by atoms with van der Waals surface area (Å²) < 4.78 is 25.4. The number of rotatable bonds is 7. The average Bonchev–Trinajstić information content (AvgIpc) is 2.86. The first-order chi connectivity index (χ1) is 11.2. The minimum atomic E-state index is -1.02. The molecule has 8 nitrogen and oxygen atoms in total. The van der Waals surface area contributed by atoms with Gasteiger partial charge in [-0.3, -0.25) is 4.79 Å². The van der Waals surface area contributed by atoms with E-state index in [0.717, 1.165) is 0 Å². The van der Waals surface area contributed by atoms with E-state index in [2.05, 4.69) is 0 Å². The molecule has 0 aliphatic carbocycles. The van der Waals surface area contributed by atoms with Crippen LogP contribution in [-0.4, -0.2) is 43.0 Å². The highest BCUT2D eigenvalue weighted by Gasteiger charge is 2.37. The fourth-order valence-corrected chi connectivity index (χ4v) is 1.59. The zero-order valence-corrected chi connectivity index (χ0v) is 14.4. The molecule has 0 fully saturated rings. The maximum Gasteiger partial charge on any atom is 0.378 e. The molecular weight excluding hydrogens is 320 g/mol. The van der Waals surface area contributed by atoms with Crippen LogP contribution in [-0.2, 0) is 38.1 Å². The van der Waals surface area contributed by atoms with Crippen LogP contribution in [0.25, 0.3) is 0 Å². The number of hydrogen-bond acceptors (Lipinski definition) is 8. The monoisotopic (exact) mass is 342 g/mol. The molecule has 0 aromatic rings. The fourth-order valence-electron chi connectivity index (χ4n) is 1.59. The van der Waals surface area contributed by atoms with Crippen molar-refractivity contribution in [2.45, 2.75) is 53.1 Å². The van der Waals surface area contributed by atoms with E-state index >= 15 is 0 Å². The van der Waals surface area contributed by atoms with Crippen LogP contribution >= 0.6 is 0 Å². The Morgan fingerprint density at radius 1 is 1.00 bits per heavy atom. The predicted octanol–water partition coefficient (Wildman–Crippen LogP) is 1.59. The molecule has 1 aliphatic rings. The van der Waals surface area contributed by atoms with Gasteiger partial charge in [-0.2, -0.15) is 0 Å². The Bertz CT molecular complexity index is 510. The number of hydrogen-bond donors (Lipinski definition) is 0. The molecule has 0 amide bonds. The average molecular weight is 342 g/mol. The van der Waals surface area contributed by atoms with Gasteiger partial charge in [0.1, 0.15) is 6.61 Å². The highest BCUT2D eigenvalue weighted by molar-refractivity contribution is 5.98. The van der Waals surface area contributed by atoms with Crippen LogP contribution in [0.1, 0.15) is 34.6 Å². The summed E-state index contributed by atoms with van der Waals surface area (Å²) >= 11 is 0. The van der Waals surface area contributed by atoms with Crippen LogP contribution in [0.15, 0.2) is 23.7 Å². The fraction of sp³-hybridized carbons (Fsp3) is 0.562. The Kier molecular flexibility index (Phi) is 7.29. The molecule has 134 valence electrons. The van der Waals surface area contributed by atoms with Crippen LogP contribution in [0.3, 0.4) is 0 Å². The van der Waals surface area contributed by atoms with Gasteiger partial charge in [-0.05, 0) is 39.8 Å². The first-order valence-electron chi connectivity index (χ1n) is 7.50. The van der Waals surface area contributed by atoms with Crippen molar-refractivity contribution in [3.63, 3.8) is 0 Å². The van der Waals surface area contributed by atoms with Crippen molar-refractivity contribution in [3.05, 3.63) is 23.7 Å². The van der Waals surface area contributed by atoms with Crippen LogP contribution < -0.4 is 0 Å². The summed E-state index contributed by atoms with van der Waals surface area (Å²) in [6.45, 7) is 7.94. The zero-order chi connectivity index (χ0) is 18.3. The molecule has 0 unspecified atom stereocenters. The van der Waals surface area contributed by atoms with Crippen molar-refractivity contribution in [2.75, 3.05) is 6.61 Å². The molecule has 0 bridgehead atoms. The topological polar surface area (TPSA) is 97.4 Å². The lowest BCUT2D eigenvalue weighted by molar-refractivity contribution is -0.148. The van der Waals surface area contributed by atoms with Gasteiger partial charge in [0.25, 0.3) is 17.8 Å². The molecule has 8 heteroatoms. The second-order valence-corrected chi connectivity index (χ2v) is 5.40. The van der Waals surface area contributed by atoms with Crippen molar-refractivity contribution in [1.29, 1.82) is 0 Å². The SMILES string of the molecule is CC(=O)OC/C=C/C1OC(C(=O)OC(C)C)=C(C(=O)OC(C)C)O1. The van der Waals surface area contributed by atoms with E-state index in [1.807, 2.05) is 0 Å². The van der Waals surface area contributed by atoms with Crippen LogP contribution in [0, 0.1) is 0 Å². The minimum absolute atomic E-state index is 0.0100. The second-order valence-electron chi connectivity index (χ2n) is 5.40. The van der Waals surface area contributed by atoms with Gasteiger partial charge in [-0.1, -0.05) is 0 Å². The third-order valence-electron chi connectivity index (χ3n) is 2.41. The van der Waals surface area contributed by atoms with Gasteiger partial charge >= 0.3 is 17.9 Å². The standard InChI is InChI=1S/C16H22O8/c1-9(2)21-15(18)13-14(16(19)22-10(3)4)24-12(23-13)7-6-8-20-11(5)17/h6-7,9-10,12H,8H2,1-5H3/b7-6+. The van der Waals surface area contributed by atoms with E-state index in [1.54, 1.807) is 27.7 Å². The summed E-state index contributed by atoms with van der Waals surface area (Å²) in [5.41, 5.74) is 0. The third kappa shape index (κ3) is 6.31. The van der Waals surface area contributed by atoms with Gasteiger partial charge in [0.05, 0.1) is 12.2 Å². The van der Waals surface area contributed by atoms with E-state index in [4.69, 9.17) is 23.7 Å². The summed E-state index contributed by atoms with van der Waals surface area (Å²) in [5, 5.41) is 0. The van der Waals surface area contributed by atoms with Crippen molar-refractivity contribution in [3.8, 4) is 0 Å². The van der Waals surface area contributed by atoms with Crippen molar-refractivity contribution >= 4 is 17.9 Å². The largest absolute Gasteiger partial charge is 0.462 e. The molecule has 0 spiro atoms. The Balaban J connectivity index is 2.83. The molecular formula is C16H22O8. The minimum Gasteiger partial charge on any atom is -0.462 e. The van der Waals surface area contributed by atoms with Crippen molar-refractivity contribution < 1.29 is 38.1 Å². The van der Waals surface area contributed by atoms with Crippen LogP contribution in [0.5, 0.6) is 0 Å². The highest BCUT2D eigenvalue weighted by atomic mass is 16.7. The molecule has 0 aromatic heterocycles. The molecule has 0 aromatic carbocycles. The molecule has 0 saturated carbocycles. The summed E-state index contributed by atoms with van der Waals surface area (Å²) in [5.74, 6) is -2.78. The van der Waals surface area contributed by atoms with Crippen molar-refractivity contribution in [2.24, 2.45) is 0 Å². The van der Waals surface area contributed by atoms with E-state index in [0.29, 0.717) is 0 Å². The van der Waals surface area contributed by atoms with Gasteiger partial charge in [0.2, 0.25) is 0 Å². The highest BCUT2D eigenvalue weighted by Crippen LogP contribution is 2.26. The lowest BCUT2D eigenvalue weighted by Crippen LogP contribution is -2.19. The Morgan fingerprint density at radius 3 is 1.83 bits per heavy atom. The van der Waals surface area contributed by atoms with Gasteiger partial charge < -0.3 is 23.7 Å². The van der Waals surface area contributed by atoms with E-state index in [-0.39, 0.29) is 18.1 Å². The molecule has 0 N–H and O–H groups in total. The number of esters is 3. The van der Waals surface area contributed by atoms with E-state index in [9.17, 15) is 14.4 Å². The number of ether oxygens (including phenoxy) is 5. The maximum atomic E-state index is 12.0. The first kappa shape index (κ1) is 19.5. The summed E-state index contributed by atoms with van der Waals surface area (Å²) in [7, 11) is 0. The first-order valence-corrected chi connectivity index (χ1v) is 7.50. The smallest absolute Gasteiger partial charge is 0.378 e. The lowest BCUT2D eigenvalue weighted by Gasteiger charge is -2.09. The maximum absolute atomic E-state index is 12.0. The summed E-state index contributed by atoms with van der Waals surface area (Å²) in [6.07, 6.45) is 1.06. The Labute approximate surface area is 140 Å². The molecule has 24 heavy (non-hydrogen) atoms. The molecule has 0 atom stereocenters. The zero-order valence-electron chi connectivity index (χ0n) is 14.4. The van der Waals surface area contributed by atoms with Crippen molar-refractivity contribution in [1.82, 2.24) is 0 Å². The third-order valence-corrected chi connectivity index (χ3v) is 2.41. The summed E-state index contributed by atoms with van der Waals surface area (Å²) in [6, 6.07) is 0. The molecule has 1 rings (SSSR count). The predicted molar refractivity (Wildman–Crippen MR) is 81.2 cm³/mol. The quantitative estimate of drug-likeness (QED) is 0.391. The van der Waals surface area contributed by atoms with E-state index < -0.39 is 36.4 Å². The van der Waals surface area contributed by atoms with Gasteiger partial charge in [-0.25, -0.2) is 9.59 Å². The van der Waals surface area contributed by atoms with Crippen LogP contribution in [0.2, 0.25) is 0 Å². The normalized spacial score (nSPS) is 14.8. The van der Waals surface area contributed by atoms with Gasteiger partial charge in [0, 0.05) is 6.92 Å². The second kappa shape index (κ2) is 8.95. The summed E-state index contributed by atoms with van der Waals surface area (Å²) in [4.78, 5) is 34.7. The van der Waals surface area contributed by atoms with Crippen LogP contribution in [0.4, 0.5) is 0 Å². The Hall–Kier alpha value is -2.51. The van der Waals surface area contributed by atoms with Gasteiger partial charge in [-0.15, -0.1) is 0 Å². The number of carbonyl (C=O) groups is 3. The molecule has 1 heterocycles. The van der Waals surface area contributed by atoms with Gasteiger partial charge in [0.15, 0.2) is 0 Å².